The van der Waals surface area contributed by atoms with Crippen LogP contribution < -0.4 is 9.47 Å². The number of hydrogen-bond acceptors (Lipinski definition) is 6. The van der Waals surface area contributed by atoms with Gasteiger partial charge in [0.2, 0.25) is 0 Å². The molecule has 3 rings (SSSR count). The number of fused-ring (bicyclic) bond motifs is 1. The minimum atomic E-state index is -3.23. The number of halogens is 4. The van der Waals surface area contributed by atoms with Gasteiger partial charge < -0.3 is 19.3 Å². The van der Waals surface area contributed by atoms with Crippen molar-refractivity contribution in [3.8, 4) is 11.5 Å². The van der Waals surface area contributed by atoms with Crippen LogP contribution in [-0.4, -0.2) is 48.0 Å². The van der Waals surface area contributed by atoms with Crippen molar-refractivity contribution in [2.75, 3.05) is 6.61 Å². The Bertz CT molecular complexity index is 1170. The molecule has 0 aliphatic heterocycles. The molecule has 0 saturated carbocycles. The molecule has 0 aliphatic rings. The number of aromatic nitrogens is 3. The van der Waals surface area contributed by atoms with Gasteiger partial charge in [-0.15, -0.1) is 5.10 Å². The van der Waals surface area contributed by atoms with Gasteiger partial charge in [0.1, 0.15) is 18.0 Å². The number of aliphatic hydroxyl groups is 1. The van der Waals surface area contributed by atoms with Gasteiger partial charge >= 0.3 is 13.2 Å². The molecule has 0 saturated heterocycles. The number of rotatable bonds is 12. The molecule has 0 spiro atoms. The monoisotopic (exact) mass is 529 g/mol. The van der Waals surface area contributed by atoms with E-state index in [0.717, 1.165) is 6.04 Å². The lowest BCUT2D eigenvalue weighted by Gasteiger charge is -2.31. The van der Waals surface area contributed by atoms with Crippen molar-refractivity contribution < 1.29 is 36.9 Å². The molecule has 0 fully saturated rings. The Kier molecular flexibility index (Phi) is 8.62. The molecule has 3 aromatic rings. The lowest BCUT2D eigenvalue weighted by atomic mass is 9.80. The minimum Gasteiger partial charge on any atom is -0.431 e. The molecule has 198 valence electrons. The lowest BCUT2D eigenvalue weighted by Crippen LogP contribution is -2.34. The van der Waals surface area contributed by atoms with Gasteiger partial charge in [0.25, 0.3) is 0 Å². The molecule has 0 aliphatic carbocycles. The molecule has 2 aromatic carbocycles. The van der Waals surface area contributed by atoms with Crippen molar-refractivity contribution in [2.45, 2.75) is 65.1 Å². The summed E-state index contributed by atoms with van der Waals surface area (Å²) < 4.78 is 67.2. The van der Waals surface area contributed by atoms with Crippen LogP contribution in [0.15, 0.2) is 36.5 Å². The van der Waals surface area contributed by atoms with Crippen molar-refractivity contribution in [1.82, 2.24) is 15.0 Å². The van der Waals surface area contributed by atoms with Crippen molar-refractivity contribution in [3.05, 3.63) is 47.8 Å². The van der Waals surface area contributed by atoms with Gasteiger partial charge in [-0.05, 0) is 46.5 Å². The lowest BCUT2D eigenvalue weighted by molar-refractivity contribution is -0.0690. The average molecular weight is 530 g/mol. The molecule has 0 bridgehead atoms. The zero-order valence-electron chi connectivity index (χ0n) is 20.8. The van der Waals surface area contributed by atoms with E-state index in [2.05, 4.69) is 39.4 Å². The van der Waals surface area contributed by atoms with E-state index in [4.69, 9.17) is 4.74 Å². The van der Waals surface area contributed by atoms with Crippen molar-refractivity contribution in [2.24, 2.45) is 5.92 Å². The van der Waals surface area contributed by atoms with Gasteiger partial charge in [-0.25, -0.2) is 4.68 Å². The standard InChI is InChI=1S/C24H31F4N3O4Si/c1-15(2)24(32,21-13-31(30-29-21)14-33-8-9-36(3,4)5)18-7-6-16-11-19(34-22(25)26)20(35-23(27)28)12-17(16)10-18/h6-7,10-13,15,22-23,32H,8-9,14H2,1-5H3. The van der Waals surface area contributed by atoms with Gasteiger partial charge in [-0.3, -0.25) is 0 Å². The summed E-state index contributed by atoms with van der Waals surface area (Å²) in [6, 6.07) is 8.13. The van der Waals surface area contributed by atoms with E-state index in [0.29, 0.717) is 22.9 Å². The first-order chi connectivity index (χ1) is 16.8. The van der Waals surface area contributed by atoms with E-state index in [1.54, 1.807) is 38.2 Å². The maximum absolute atomic E-state index is 12.9. The largest absolute Gasteiger partial charge is 0.431 e. The highest BCUT2D eigenvalue weighted by atomic mass is 28.3. The molecule has 1 aromatic heterocycles. The molecule has 1 atom stereocenters. The number of hydrogen-bond donors (Lipinski definition) is 1. The number of nitrogens with zero attached hydrogens (tertiary/aromatic N) is 3. The van der Waals surface area contributed by atoms with Gasteiger partial charge in [0.15, 0.2) is 11.5 Å². The smallest absolute Gasteiger partial charge is 0.387 e. The summed E-state index contributed by atoms with van der Waals surface area (Å²) >= 11 is 0. The Labute approximate surface area is 208 Å². The zero-order chi connectivity index (χ0) is 26.7. The van der Waals surface area contributed by atoms with Crippen LogP contribution in [0.25, 0.3) is 10.8 Å². The number of ether oxygens (including phenoxy) is 3. The van der Waals surface area contributed by atoms with E-state index in [1.165, 1.54) is 16.8 Å². The normalized spacial score (nSPS) is 14.1. The van der Waals surface area contributed by atoms with E-state index in [9.17, 15) is 22.7 Å². The quantitative estimate of drug-likeness (QED) is 0.181. The fraction of sp³-hybridized carbons (Fsp3) is 0.500. The van der Waals surface area contributed by atoms with Crippen molar-refractivity contribution >= 4 is 18.8 Å². The van der Waals surface area contributed by atoms with E-state index in [1.807, 2.05) is 0 Å². The topological polar surface area (TPSA) is 78.6 Å². The highest BCUT2D eigenvalue weighted by Gasteiger charge is 2.38. The van der Waals surface area contributed by atoms with Gasteiger partial charge in [-0.1, -0.05) is 50.8 Å². The summed E-state index contributed by atoms with van der Waals surface area (Å²) in [5.74, 6) is -1.41. The van der Waals surface area contributed by atoms with Crippen LogP contribution in [0, 0.1) is 5.92 Å². The van der Waals surface area contributed by atoms with Crippen molar-refractivity contribution in [1.29, 1.82) is 0 Å². The molecule has 12 heteroatoms. The van der Waals surface area contributed by atoms with Crippen LogP contribution in [0.1, 0.15) is 25.1 Å². The van der Waals surface area contributed by atoms with Crippen LogP contribution >= 0.6 is 0 Å². The van der Waals surface area contributed by atoms with Crippen molar-refractivity contribution in [3.63, 3.8) is 0 Å². The first-order valence-corrected chi connectivity index (χ1v) is 15.2. The Hall–Kier alpha value is -2.70. The fourth-order valence-corrected chi connectivity index (χ4v) is 4.48. The van der Waals surface area contributed by atoms with E-state index in [-0.39, 0.29) is 18.3 Å². The van der Waals surface area contributed by atoms with E-state index < -0.39 is 38.4 Å². The first-order valence-electron chi connectivity index (χ1n) is 11.5. The Morgan fingerprint density at radius 3 is 2.14 bits per heavy atom. The molecule has 1 unspecified atom stereocenters. The predicted octanol–water partition coefficient (Wildman–Crippen LogP) is 5.84. The summed E-state index contributed by atoms with van der Waals surface area (Å²) in [5, 5.41) is 20.8. The summed E-state index contributed by atoms with van der Waals surface area (Å²) in [6.07, 6.45) is 1.60. The highest BCUT2D eigenvalue weighted by Crippen LogP contribution is 2.40. The fourth-order valence-electron chi connectivity index (χ4n) is 3.72. The van der Waals surface area contributed by atoms with Gasteiger partial charge in [0.05, 0.1) is 6.20 Å². The summed E-state index contributed by atoms with van der Waals surface area (Å²) in [7, 11) is -1.23. The number of benzene rings is 2. The Balaban J connectivity index is 1.93. The average Bonchev–Trinajstić information content (AvgIpc) is 3.24. The maximum Gasteiger partial charge on any atom is 0.387 e. The third-order valence-electron chi connectivity index (χ3n) is 5.76. The van der Waals surface area contributed by atoms with Crippen LogP contribution in [0.5, 0.6) is 11.5 Å². The van der Waals surface area contributed by atoms with Crippen LogP contribution in [0.4, 0.5) is 17.6 Å². The Morgan fingerprint density at radius 2 is 1.58 bits per heavy atom. The Morgan fingerprint density at radius 1 is 0.972 bits per heavy atom. The molecule has 0 radical (unpaired) electrons. The zero-order valence-corrected chi connectivity index (χ0v) is 21.8. The molecule has 1 heterocycles. The van der Waals surface area contributed by atoms with E-state index >= 15 is 0 Å². The molecule has 1 N–H and O–H groups in total. The summed E-state index contributed by atoms with van der Waals surface area (Å²) in [5.41, 5.74) is -0.873. The predicted molar refractivity (Wildman–Crippen MR) is 129 cm³/mol. The van der Waals surface area contributed by atoms with Gasteiger partial charge in [0, 0.05) is 14.7 Å². The summed E-state index contributed by atoms with van der Waals surface area (Å²) in [6.45, 7) is 4.71. The molecule has 0 amide bonds. The second-order valence-electron chi connectivity index (χ2n) is 10.0. The van der Waals surface area contributed by atoms with Crippen LogP contribution in [-0.2, 0) is 17.1 Å². The third kappa shape index (κ3) is 6.74. The minimum absolute atomic E-state index is 0.185. The highest BCUT2D eigenvalue weighted by molar-refractivity contribution is 6.76. The molecular weight excluding hydrogens is 498 g/mol. The molecule has 7 nitrogen and oxygen atoms in total. The van der Waals surface area contributed by atoms with Gasteiger partial charge in [-0.2, -0.15) is 17.6 Å². The second-order valence-corrected chi connectivity index (χ2v) is 15.7. The van der Waals surface area contributed by atoms with Crippen LogP contribution in [0.3, 0.4) is 0 Å². The SMILES string of the molecule is CC(C)C(O)(c1ccc2cc(OC(F)F)c(OC(F)F)cc2c1)c1cn(COCC[Si](C)(C)C)nn1. The summed E-state index contributed by atoms with van der Waals surface area (Å²) in [4.78, 5) is 0. The molecular formula is C24H31F4N3O4Si. The number of alkyl halides is 4. The molecule has 36 heavy (non-hydrogen) atoms. The maximum atomic E-state index is 12.9. The first kappa shape index (κ1) is 27.9. The van der Waals surface area contributed by atoms with Crippen LogP contribution in [0.2, 0.25) is 25.7 Å². The second kappa shape index (κ2) is 11.1. The third-order valence-corrected chi connectivity index (χ3v) is 7.46.